The molecule has 0 radical (unpaired) electrons. The fraction of sp³-hybridized carbons (Fsp3) is 0.158. The molecule has 0 aliphatic carbocycles. The molecular formula is C19H17ClN2O2S. The Morgan fingerprint density at radius 3 is 2.76 bits per heavy atom. The number of thioether (sulfide) groups is 1. The SMILES string of the molecule is Cc1cc(CSc2ccccc2C(=O)Nc2cc(Cl)ccc2C)on1. The lowest BCUT2D eigenvalue weighted by molar-refractivity contribution is 0.102. The zero-order valence-electron chi connectivity index (χ0n) is 13.9. The first-order chi connectivity index (χ1) is 12.0. The minimum atomic E-state index is -0.165. The monoisotopic (exact) mass is 372 g/mol. The highest BCUT2D eigenvalue weighted by Gasteiger charge is 2.14. The van der Waals surface area contributed by atoms with E-state index in [-0.39, 0.29) is 5.91 Å². The lowest BCUT2D eigenvalue weighted by Crippen LogP contribution is -2.13. The first kappa shape index (κ1) is 17.6. The van der Waals surface area contributed by atoms with Crippen LogP contribution in [-0.2, 0) is 5.75 Å². The summed E-state index contributed by atoms with van der Waals surface area (Å²) in [5.74, 6) is 1.23. The lowest BCUT2D eigenvalue weighted by Gasteiger charge is -2.11. The standard InChI is InChI=1S/C19H17ClN2O2S/c1-12-7-8-14(20)10-17(12)21-19(23)16-5-3-4-6-18(16)25-11-15-9-13(2)22-24-15/h3-10H,11H2,1-2H3,(H,21,23). The Kier molecular flexibility index (Phi) is 5.46. The average molecular weight is 373 g/mol. The normalized spacial score (nSPS) is 10.7. The summed E-state index contributed by atoms with van der Waals surface area (Å²) in [7, 11) is 0. The van der Waals surface area contributed by atoms with Crippen LogP contribution in [0, 0.1) is 13.8 Å². The van der Waals surface area contributed by atoms with E-state index in [9.17, 15) is 4.79 Å². The maximum atomic E-state index is 12.7. The number of nitrogens with one attached hydrogen (secondary N) is 1. The Morgan fingerprint density at radius 2 is 2.00 bits per heavy atom. The van der Waals surface area contributed by atoms with Crippen molar-refractivity contribution >= 4 is 35.0 Å². The Hall–Kier alpha value is -2.24. The number of anilines is 1. The quantitative estimate of drug-likeness (QED) is 0.601. The van der Waals surface area contributed by atoms with Gasteiger partial charge >= 0.3 is 0 Å². The number of benzene rings is 2. The fourth-order valence-corrected chi connectivity index (χ4v) is 3.43. The van der Waals surface area contributed by atoms with Gasteiger partial charge in [-0.1, -0.05) is 35.0 Å². The molecule has 0 saturated carbocycles. The first-order valence-corrected chi connectivity index (χ1v) is 9.11. The molecule has 1 amide bonds. The molecule has 128 valence electrons. The van der Waals surface area contributed by atoms with E-state index in [2.05, 4.69) is 10.5 Å². The summed E-state index contributed by atoms with van der Waals surface area (Å²) >= 11 is 7.56. The van der Waals surface area contributed by atoms with Crippen molar-refractivity contribution < 1.29 is 9.32 Å². The van der Waals surface area contributed by atoms with Gasteiger partial charge in [-0.25, -0.2) is 0 Å². The molecule has 0 atom stereocenters. The van der Waals surface area contributed by atoms with Crippen LogP contribution in [0.2, 0.25) is 5.02 Å². The lowest BCUT2D eigenvalue weighted by atomic mass is 10.1. The third-order valence-corrected chi connectivity index (χ3v) is 4.96. The third kappa shape index (κ3) is 4.44. The summed E-state index contributed by atoms with van der Waals surface area (Å²) < 4.78 is 5.22. The van der Waals surface area contributed by atoms with Gasteiger partial charge in [0, 0.05) is 21.7 Å². The second-order valence-corrected chi connectivity index (χ2v) is 7.09. The van der Waals surface area contributed by atoms with Crippen LogP contribution in [0.15, 0.2) is 57.9 Å². The Bertz CT molecular complexity index is 908. The number of nitrogens with zero attached hydrogens (tertiary/aromatic N) is 1. The molecule has 0 bridgehead atoms. The number of rotatable bonds is 5. The minimum absolute atomic E-state index is 0.165. The largest absolute Gasteiger partial charge is 0.360 e. The number of halogens is 1. The van der Waals surface area contributed by atoms with Gasteiger partial charge in [0.15, 0.2) is 0 Å². The molecular weight excluding hydrogens is 356 g/mol. The summed E-state index contributed by atoms with van der Waals surface area (Å²) in [5, 5.41) is 7.40. The predicted octanol–water partition coefficient (Wildman–Crippen LogP) is 5.49. The number of aryl methyl sites for hydroxylation is 2. The molecule has 3 rings (SSSR count). The second kappa shape index (κ2) is 7.76. The van der Waals surface area contributed by atoms with Crippen molar-refractivity contribution in [3.8, 4) is 0 Å². The van der Waals surface area contributed by atoms with Crippen LogP contribution in [0.4, 0.5) is 5.69 Å². The van der Waals surface area contributed by atoms with E-state index >= 15 is 0 Å². The van der Waals surface area contributed by atoms with Gasteiger partial charge in [0.25, 0.3) is 5.91 Å². The van der Waals surface area contributed by atoms with Crippen molar-refractivity contribution in [3.05, 3.63) is 76.1 Å². The second-order valence-electron chi connectivity index (χ2n) is 5.63. The molecule has 2 aromatic carbocycles. The molecule has 0 aliphatic rings. The molecule has 0 spiro atoms. The first-order valence-electron chi connectivity index (χ1n) is 7.74. The molecule has 0 fully saturated rings. The fourth-order valence-electron chi connectivity index (χ4n) is 2.33. The number of aromatic nitrogens is 1. The van der Waals surface area contributed by atoms with Crippen LogP contribution in [0.1, 0.15) is 27.4 Å². The smallest absolute Gasteiger partial charge is 0.256 e. The minimum Gasteiger partial charge on any atom is -0.360 e. The van der Waals surface area contributed by atoms with E-state index in [1.807, 2.05) is 50.2 Å². The van der Waals surface area contributed by atoms with Gasteiger partial charge in [0.2, 0.25) is 0 Å². The van der Waals surface area contributed by atoms with Gasteiger partial charge in [-0.3, -0.25) is 4.79 Å². The molecule has 1 N–H and O–H groups in total. The summed E-state index contributed by atoms with van der Waals surface area (Å²) in [6.07, 6.45) is 0. The molecule has 25 heavy (non-hydrogen) atoms. The van der Waals surface area contributed by atoms with E-state index < -0.39 is 0 Å². The topological polar surface area (TPSA) is 55.1 Å². The number of carbonyl (C=O) groups is 1. The molecule has 3 aromatic rings. The van der Waals surface area contributed by atoms with Crippen LogP contribution in [0.25, 0.3) is 0 Å². The number of carbonyl (C=O) groups excluding carboxylic acids is 1. The Morgan fingerprint density at radius 1 is 1.20 bits per heavy atom. The molecule has 4 nitrogen and oxygen atoms in total. The highest BCUT2D eigenvalue weighted by Crippen LogP contribution is 2.28. The van der Waals surface area contributed by atoms with Gasteiger partial charge in [-0.15, -0.1) is 11.8 Å². The van der Waals surface area contributed by atoms with Crippen LogP contribution in [0.5, 0.6) is 0 Å². The van der Waals surface area contributed by atoms with Crippen LogP contribution >= 0.6 is 23.4 Å². The predicted molar refractivity (Wildman–Crippen MR) is 101 cm³/mol. The van der Waals surface area contributed by atoms with Gasteiger partial charge in [0.1, 0.15) is 5.76 Å². The number of hydrogen-bond acceptors (Lipinski definition) is 4. The summed E-state index contributed by atoms with van der Waals surface area (Å²) in [6, 6.07) is 14.8. The van der Waals surface area contributed by atoms with Crippen molar-refractivity contribution in [2.24, 2.45) is 0 Å². The van der Waals surface area contributed by atoms with Crippen LogP contribution < -0.4 is 5.32 Å². The van der Waals surface area contributed by atoms with Crippen molar-refractivity contribution in [3.63, 3.8) is 0 Å². The Balaban J connectivity index is 1.77. The van der Waals surface area contributed by atoms with Gasteiger partial charge in [0.05, 0.1) is 17.0 Å². The van der Waals surface area contributed by atoms with E-state index in [0.29, 0.717) is 22.0 Å². The molecule has 0 aliphatic heterocycles. The van der Waals surface area contributed by atoms with Crippen LogP contribution in [-0.4, -0.2) is 11.1 Å². The van der Waals surface area contributed by atoms with E-state index in [1.54, 1.807) is 12.1 Å². The van der Waals surface area contributed by atoms with Crippen LogP contribution in [0.3, 0.4) is 0 Å². The van der Waals surface area contributed by atoms with Crippen molar-refractivity contribution in [2.45, 2.75) is 24.5 Å². The van der Waals surface area contributed by atoms with E-state index in [0.717, 1.165) is 21.9 Å². The number of hydrogen-bond donors (Lipinski definition) is 1. The molecule has 1 heterocycles. The zero-order valence-corrected chi connectivity index (χ0v) is 15.4. The van der Waals surface area contributed by atoms with Crippen molar-refractivity contribution in [1.82, 2.24) is 5.16 Å². The summed E-state index contributed by atoms with van der Waals surface area (Å²) in [5.41, 5.74) is 3.13. The number of amides is 1. The summed E-state index contributed by atoms with van der Waals surface area (Å²) in [4.78, 5) is 13.6. The highest BCUT2D eigenvalue weighted by molar-refractivity contribution is 7.98. The highest BCUT2D eigenvalue weighted by atomic mass is 35.5. The van der Waals surface area contributed by atoms with Gasteiger partial charge in [-0.2, -0.15) is 0 Å². The van der Waals surface area contributed by atoms with Crippen molar-refractivity contribution in [1.29, 1.82) is 0 Å². The molecule has 6 heteroatoms. The van der Waals surface area contributed by atoms with E-state index in [1.165, 1.54) is 11.8 Å². The molecule has 0 unspecified atom stereocenters. The zero-order chi connectivity index (χ0) is 17.8. The average Bonchev–Trinajstić information content (AvgIpc) is 3.02. The van der Waals surface area contributed by atoms with Gasteiger partial charge in [-0.05, 0) is 43.7 Å². The van der Waals surface area contributed by atoms with E-state index in [4.69, 9.17) is 16.1 Å². The Labute approximate surface area is 155 Å². The summed E-state index contributed by atoms with van der Waals surface area (Å²) in [6.45, 7) is 3.81. The molecule has 1 aromatic heterocycles. The maximum Gasteiger partial charge on any atom is 0.256 e. The van der Waals surface area contributed by atoms with Crippen molar-refractivity contribution in [2.75, 3.05) is 5.32 Å². The van der Waals surface area contributed by atoms with Gasteiger partial charge < -0.3 is 9.84 Å². The molecule has 0 saturated heterocycles. The maximum absolute atomic E-state index is 12.7. The third-order valence-electron chi connectivity index (χ3n) is 3.63.